The fourth-order valence-electron chi connectivity index (χ4n) is 2.65. The number of alkyl halides is 4. The van der Waals surface area contributed by atoms with E-state index in [2.05, 4.69) is 77.6 Å². The minimum absolute atomic E-state index is 0.0768. The van der Waals surface area contributed by atoms with Crippen molar-refractivity contribution in [2.24, 2.45) is 5.41 Å². The van der Waals surface area contributed by atoms with Gasteiger partial charge in [-0.25, -0.2) is 0 Å². The molecule has 0 aromatic heterocycles. The molecule has 2 N–H and O–H groups in total. The SMILES string of the molecule is CC(C)(C1(Br)C=CC(O)=CC1Br)C1(Br)C=CC(O)=CC1Br. The van der Waals surface area contributed by atoms with E-state index in [4.69, 9.17) is 0 Å². The van der Waals surface area contributed by atoms with Gasteiger partial charge < -0.3 is 10.2 Å². The molecule has 4 atom stereocenters. The maximum absolute atomic E-state index is 9.68. The Labute approximate surface area is 158 Å². The third kappa shape index (κ3) is 2.74. The Balaban J connectivity index is 2.48. The highest BCUT2D eigenvalue weighted by molar-refractivity contribution is 9.13. The van der Waals surface area contributed by atoms with E-state index in [0.29, 0.717) is 0 Å². The second kappa shape index (κ2) is 5.84. The van der Waals surface area contributed by atoms with Gasteiger partial charge in [0.15, 0.2) is 0 Å². The molecule has 2 aliphatic carbocycles. The van der Waals surface area contributed by atoms with Gasteiger partial charge in [-0.2, -0.15) is 0 Å². The van der Waals surface area contributed by atoms with Crippen LogP contribution >= 0.6 is 63.7 Å². The first-order valence-corrected chi connectivity index (χ1v) is 9.82. The van der Waals surface area contributed by atoms with Crippen LogP contribution in [0.4, 0.5) is 0 Å². The lowest BCUT2D eigenvalue weighted by molar-refractivity contribution is 0.247. The van der Waals surface area contributed by atoms with Crippen molar-refractivity contribution in [2.45, 2.75) is 32.2 Å². The summed E-state index contributed by atoms with van der Waals surface area (Å²) >= 11 is 15.0. The molecule has 0 heterocycles. The van der Waals surface area contributed by atoms with E-state index in [0.717, 1.165) is 0 Å². The summed E-state index contributed by atoms with van der Waals surface area (Å²) in [5, 5.41) is 19.4. The summed E-state index contributed by atoms with van der Waals surface area (Å²) in [7, 11) is 0. The molecule has 0 aliphatic heterocycles. The monoisotopic (exact) mass is 544 g/mol. The van der Waals surface area contributed by atoms with Crippen LogP contribution < -0.4 is 0 Å². The molecule has 0 bridgehead atoms. The quantitative estimate of drug-likeness (QED) is 0.427. The Kier molecular flexibility index (Phi) is 4.96. The topological polar surface area (TPSA) is 40.5 Å². The molecule has 0 radical (unpaired) electrons. The van der Waals surface area contributed by atoms with Gasteiger partial charge in [0, 0.05) is 5.41 Å². The highest BCUT2D eigenvalue weighted by Gasteiger charge is 2.59. The Hall–Kier alpha value is 0.480. The number of aliphatic hydroxyl groups is 2. The zero-order chi connectivity index (χ0) is 16.1. The predicted molar refractivity (Wildman–Crippen MR) is 102 cm³/mol. The van der Waals surface area contributed by atoms with Crippen LogP contribution in [0.15, 0.2) is 48.0 Å². The van der Waals surface area contributed by atoms with E-state index in [9.17, 15) is 10.2 Å². The minimum Gasteiger partial charge on any atom is -0.508 e. The molecule has 6 heteroatoms. The first-order chi connectivity index (χ1) is 9.54. The van der Waals surface area contributed by atoms with Crippen molar-refractivity contribution in [3.8, 4) is 0 Å². The van der Waals surface area contributed by atoms with Crippen molar-refractivity contribution < 1.29 is 10.2 Å². The molecule has 4 unspecified atom stereocenters. The third-order valence-electron chi connectivity index (χ3n) is 4.35. The molecular formula is C15H16Br4O2. The molecule has 0 saturated carbocycles. The van der Waals surface area contributed by atoms with E-state index in [1.807, 2.05) is 12.2 Å². The van der Waals surface area contributed by atoms with E-state index >= 15 is 0 Å². The Morgan fingerprint density at radius 2 is 1.24 bits per heavy atom. The Morgan fingerprint density at radius 1 is 0.905 bits per heavy atom. The van der Waals surface area contributed by atoms with Crippen LogP contribution in [-0.2, 0) is 0 Å². The first kappa shape index (κ1) is 17.8. The van der Waals surface area contributed by atoms with E-state index in [-0.39, 0.29) is 26.6 Å². The predicted octanol–water partition coefficient (Wildman–Crippen LogP) is 5.83. The smallest absolute Gasteiger partial charge is 0.112 e. The highest BCUT2D eigenvalue weighted by atomic mass is 79.9. The summed E-state index contributed by atoms with van der Waals surface area (Å²) < 4.78 is -0.847. The average Bonchev–Trinajstić information content (AvgIpc) is 2.38. The molecule has 2 rings (SSSR count). The summed E-state index contributed by atoms with van der Waals surface area (Å²) in [4.78, 5) is -0.154. The Morgan fingerprint density at radius 3 is 1.52 bits per heavy atom. The summed E-state index contributed by atoms with van der Waals surface area (Å²) in [6.45, 7) is 4.28. The van der Waals surface area contributed by atoms with E-state index in [1.165, 1.54) is 0 Å². The lowest BCUT2D eigenvalue weighted by Gasteiger charge is -2.54. The molecule has 116 valence electrons. The van der Waals surface area contributed by atoms with E-state index < -0.39 is 8.65 Å². The molecule has 2 aliphatic rings. The molecule has 0 fully saturated rings. The van der Waals surface area contributed by atoms with Gasteiger partial charge in [0.05, 0.1) is 18.3 Å². The van der Waals surface area contributed by atoms with Crippen LogP contribution in [0.5, 0.6) is 0 Å². The van der Waals surface area contributed by atoms with Crippen molar-refractivity contribution >= 4 is 63.7 Å². The van der Waals surface area contributed by atoms with Crippen molar-refractivity contribution in [1.82, 2.24) is 0 Å². The van der Waals surface area contributed by atoms with Gasteiger partial charge in [-0.15, -0.1) is 0 Å². The number of hydrogen-bond donors (Lipinski definition) is 2. The molecule has 2 nitrogen and oxygen atoms in total. The molecule has 0 saturated heterocycles. The maximum Gasteiger partial charge on any atom is 0.112 e. The van der Waals surface area contributed by atoms with Gasteiger partial charge in [0.1, 0.15) is 11.5 Å². The second-order valence-corrected chi connectivity index (χ2v) is 10.4. The van der Waals surface area contributed by atoms with Gasteiger partial charge in [-0.1, -0.05) is 89.7 Å². The number of rotatable bonds is 2. The van der Waals surface area contributed by atoms with Crippen molar-refractivity contribution in [1.29, 1.82) is 0 Å². The standard InChI is InChI=1S/C15H16Br4O2/c1-13(2,14(18)5-3-9(20)7-11(14)16)15(19)6-4-10(21)8-12(15)17/h3-8,11-12,20-21H,1-2H3. The third-order valence-corrected chi connectivity index (χ3v) is 11.0. The van der Waals surface area contributed by atoms with Crippen LogP contribution in [0, 0.1) is 5.41 Å². The van der Waals surface area contributed by atoms with Crippen LogP contribution in [0.2, 0.25) is 0 Å². The van der Waals surface area contributed by atoms with Gasteiger partial charge in [0.25, 0.3) is 0 Å². The molecular weight excluding hydrogens is 532 g/mol. The largest absolute Gasteiger partial charge is 0.508 e. The Bertz CT molecular complexity index is 516. The number of aliphatic hydroxyl groups excluding tert-OH is 2. The zero-order valence-corrected chi connectivity index (χ0v) is 17.9. The summed E-state index contributed by atoms with van der Waals surface area (Å²) in [6, 6.07) is 0. The van der Waals surface area contributed by atoms with Crippen molar-refractivity contribution in [3.63, 3.8) is 0 Å². The number of allylic oxidation sites excluding steroid dienone is 6. The fourth-order valence-corrected chi connectivity index (χ4v) is 6.09. The molecule has 0 aromatic carbocycles. The summed E-state index contributed by atoms with van der Waals surface area (Å²) in [6.07, 6.45) is 10.9. The maximum atomic E-state index is 9.68. The van der Waals surface area contributed by atoms with Crippen LogP contribution in [-0.4, -0.2) is 28.5 Å². The van der Waals surface area contributed by atoms with Gasteiger partial charge >= 0.3 is 0 Å². The second-order valence-electron chi connectivity index (χ2n) is 5.81. The van der Waals surface area contributed by atoms with Gasteiger partial charge in [-0.05, 0) is 24.3 Å². The molecule has 0 aromatic rings. The summed E-state index contributed by atoms with van der Waals surface area (Å²) in [5.41, 5.74) is -0.316. The van der Waals surface area contributed by atoms with Gasteiger partial charge in [-0.3, -0.25) is 0 Å². The van der Waals surface area contributed by atoms with E-state index in [1.54, 1.807) is 24.3 Å². The average molecular weight is 548 g/mol. The highest BCUT2D eigenvalue weighted by Crippen LogP contribution is 2.59. The summed E-state index contributed by atoms with van der Waals surface area (Å²) in [5.74, 6) is 0.497. The number of halogens is 4. The molecule has 0 amide bonds. The number of hydrogen-bond acceptors (Lipinski definition) is 2. The van der Waals surface area contributed by atoms with Crippen LogP contribution in [0.25, 0.3) is 0 Å². The molecule has 0 spiro atoms. The fraction of sp³-hybridized carbons (Fsp3) is 0.467. The van der Waals surface area contributed by atoms with Crippen molar-refractivity contribution in [3.05, 3.63) is 48.0 Å². The lowest BCUT2D eigenvalue weighted by atomic mass is 9.65. The lowest BCUT2D eigenvalue weighted by Crippen LogP contribution is -2.58. The normalized spacial score (nSPS) is 39.9. The first-order valence-electron chi connectivity index (χ1n) is 6.40. The van der Waals surface area contributed by atoms with Gasteiger partial charge in [0.2, 0.25) is 0 Å². The zero-order valence-electron chi connectivity index (χ0n) is 11.5. The van der Waals surface area contributed by atoms with Crippen molar-refractivity contribution in [2.75, 3.05) is 0 Å². The molecule has 21 heavy (non-hydrogen) atoms. The van der Waals surface area contributed by atoms with Crippen LogP contribution in [0.3, 0.4) is 0 Å². The minimum atomic E-state index is -0.424. The van der Waals surface area contributed by atoms with Crippen LogP contribution in [0.1, 0.15) is 13.8 Å².